The van der Waals surface area contributed by atoms with E-state index in [4.69, 9.17) is 16.7 Å². The van der Waals surface area contributed by atoms with E-state index in [1.807, 2.05) is 37.3 Å². The summed E-state index contributed by atoms with van der Waals surface area (Å²) in [5, 5.41) is 12.0. The molecule has 3 atom stereocenters. The number of carbonyl (C=O) groups is 4. The number of benzene rings is 2. The second-order valence-corrected chi connectivity index (χ2v) is 13.8. The number of hydrogen-bond donors (Lipinski definition) is 2. The lowest BCUT2D eigenvalue weighted by atomic mass is 9.98. The number of piperidine rings is 1. The third-order valence-electron chi connectivity index (χ3n) is 9.94. The van der Waals surface area contributed by atoms with Gasteiger partial charge in [-0.15, -0.1) is 0 Å². The summed E-state index contributed by atoms with van der Waals surface area (Å²) in [6.07, 6.45) is 11.1. The Balaban J connectivity index is 1.27. The average molecular weight is 680 g/mol. The molecule has 4 aromatic rings. The summed E-state index contributed by atoms with van der Waals surface area (Å²) in [5.41, 5.74) is 3.98. The second kappa shape index (κ2) is 13.2. The van der Waals surface area contributed by atoms with Crippen LogP contribution in [-0.2, 0) is 33.9 Å². The summed E-state index contributed by atoms with van der Waals surface area (Å²) in [5.74, 6) is -0.116. The van der Waals surface area contributed by atoms with Gasteiger partial charge in [-0.1, -0.05) is 35.9 Å². The first-order chi connectivity index (χ1) is 23.6. The van der Waals surface area contributed by atoms with Crippen LogP contribution in [0.2, 0.25) is 5.02 Å². The summed E-state index contributed by atoms with van der Waals surface area (Å²) in [4.78, 5) is 64.3. The Bertz CT molecular complexity index is 2010. The minimum absolute atomic E-state index is 0.0314. The van der Waals surface area contributed by atoms with Crippen LogP contribution >= 0.6 is 11.6 Å². The maximum atomic E-state index is 14.4. The molecule has 1 aliphatic carbocycles. The highest BCUT2D eigenvalue weighted by atomic mass is 35.5. The molecule has 7 rings (SSSR count). The number of nitrogens with zero attached hydrogens (tertiary/aromatic N) is 5. The van der Waals surface area contributed by atoms with Crippen molar-refractivity contribution in [3.05, 3.63) is 88.6 Å². The molecule has 0 unspecified atom stereocenters. The Hall–Kier alpha value is -4.90. The molecule has 0 spiro atoms. The first kappa shape index (κ1) is 32.6. The van der Waals surface area contributed by atoms with Gasteiger partial charge in [0.2, 0.25) is 17.7 Å². The molecule has 2 aromatic heterocycles. The molecular formula is C37H38ClN7O4. The topological polar surface area (TPSA) is 139 Å². The van der Waals surface area contributed by atoms with Gasteiger partial charge in [0.15, 0.2) is 5.78 Å². The van der Waals surface area contributed by atoms with Crippen LogP contribution in [0.4, 0.5) is 0 Å². The van der Waals surface area contributed by atoms with Crippen LogP contribution in [0.15, 0.2) is 60.9 Å². The standard InChI is InChI=1S/C37H38ClN7O4/c1-22(46)34-29-14-26(27-18-39-23(2)40-19-27)13-25-9-5-3-4-6-11-32(47)42-21-37-15-30(36(49)41-17-24-8-7-10-28(38)12-24)45(31(37)16-37)33(48)20-44(43-34)35(25)29/h3,5,7-8,10,12-14,18-19,30-31H,4,6,9,11,15-17,20-21H2,1-2H3,(H,41,49)(H,42,47)/b5-3-/t30-,31+,37-/m0/s1. The lowest BCUT2D eigenvalue weighted by Gasteiger charge is -2.27. The van der Waals surface area contributed by atoms with Gasteiger partial charge >= 0.3 is 0 Å². The molecule has 4 heterocycles. The third kappa shape index (κ3) is 6.59. The molecule has 11 nitrogen and oxygen atoms in total. The van der Waals surface area contributed by atoms with Crippen molar-refractivity contribution in [2.75, 3.05) is 6.54 Å². The van der Waals surface area contributed by atoms with Crippen LogP contribution in [-0.4, -0.2) is 66.8 Å². The number of Topliss-reactive ketones (excluding diaryl/α,β-unsaturated/α-hetero) is 1. The smallest absolute Gasteiger partial charge is 0.245 e. The Morgan fingerprint density at radius 1 is 1.08 bits per heavy atom. The zero-order chi connectivity index (χ0) is 34.3. The van der Waals surface area contributed by atoms with Crippen molar-refractivity contribution >= 4 is 46.0 Å². The van der Waals surface area contributed by atoms with Crippen molar-refractivity contribution in [1.82, 2.24) is 35.3 Å². The van der Waals surface area contributed by atoms with Crippen LogP contribution in [0.1, 0.15) is 66.5 Å². The molecule has 252 valence electrons. The van der Waals surface area contributed by atoms with Gasteiger partial charge in [0, 0.05) is 66.3 Å². The molecule has 2 N–H and O–H groups in total. The lowest BCUT2D eigenvalue weighted by Crippen LogP contribution is -2.48. The molecule has 0 radical (unpaired) electrons. The van der Waals surface area contributed by atoms with E-state index in [0.717, 1.165) is 28.7 Å². The van der Waals surface area contributed by atoms with E-state index in [9.17, 15) is 19.2 Å². The highest BCUT2D eigenvalue weighted by Crippen LogP contribution is 2.59. The van der Waals surface area contributed by atoms with Gasteiger partial charge in [-0.3, -0.25) is 23.9 Å². The molecule has 49 heavy (non-hydrogen) atoms. The van der Waals surface area contributed by atoms with Crippen LogP contribution in [0.25, 0.3) is 22.0 Å². The fraction of sp³-hybridized carbons (Fsp3) is 0.378. The summed E-state index contributed by atoms with van der Waals surface area (Å²) in [6, 6.07) is 10.3. The van der Waals surface area contributed by atoms with Crippen molar-refractivity contribution in [2.45, 2.75) is 77.5 Å². The van der Waals surface area contributed by atoms with Crippen LogP contribution < -0.4 is 10.6 Å². The van der Waals surface area contributed by atoms with E-state index in [1.54, 1.807) is 34.1 Å². The second-order valence-electron chi connectivity index (χ2n) is 13.4. The fourth-order valence-corrected chi connectivity index (χ4v) is 7.56. The molecule has 3 amide bonds. The summed E-state index contributed by atoms with van der Waals surface area (Å²) < 4.78 is 1.62. The van der Waals surface area contributed by atoms with E-state index >= 15 is 0 Å². The van der Waals surface area contributed by atoms with E-state index in [-0.39, 0.29) is 53.7 Å². The molecular weight excluding hydrogens is 642 g/mol. The zero-order valence-electron chi connectivity index (χ0n) is 27.5. The van der Waals surface area contributed by atoms with Crippen LogP contribution in [0.3, 0.4) is 0 Å². The van der Waals surface area contributed by atoms with Crippen molar-refractivity contribution < 1.29 is 19.2 Å². The number of nitrogens with one attached hydrogen (secondary N) is 2. The van der Waals surface area contributed by atoms with Crippen LogP contribution in [0, 0.1) is 12.3 Å². The largest absolute Gasteiger partial charge is 0.355 e. The number of carbonyl (C=O) groups excluding carboxylic acids is 4. The molecule has 12 heteroatoms. The van der Waals surface area contributed by atoms with Gasteiger partial charge in [0.05, 0.1) is 5.52 Å². The monoisotopic (exact) mass is 679 g/mol. The van der Waals surface area contributed by atoms with Crippen molar-refractivity contribution in [2.24, 2.45) is 5.41 Å². The predicted octanol–water partition coefficient (Wildman–Crippen LogP) is 4.73. The summed E-state index contributed by atoms with van der Waals surface area (Å²) in [6.45, 7) is 3.82. The van der Waals surface area contributed by atoms with Gasteiger partial charge in [-0.25, -0.2) is 9.97 Å². The van der Waals surface area contributed by atoms with E-state index < -0.39 is 6.04 Å². The first-order valence-corrected chi connectivity index (χ1v) is 17.1. The van der Waals surface area contributed by atoms with Gasteiger partial charge < -0.3 is 15.5 Å². The molecule has 1 saturated heterocycles. The van der Waals surface area contributed by atoms with E-state index in [0.29, 0.717) is 60.4 Å². The Morgan fingerprint density at radius 2 is 1.90 bits per heavy atom. The van der Waals surface area contributed by atoms with E-state index in [1.165, 1.54) is 6.92 Å². The minimum Gasteiger partial charge on any atom is -0.355 e. The van der Waals surface area contributed by atoms with Crippen molar-refractivity contribution in [3.8, 4) is 11.1 Å². The van der Waals surface area contributed by atoms with Crippen molar-refractivity contribution in [3.63, 3.8) is 0 Å². The Morgan fingerprint density at radius 3 is 2.67 bits per heavy atom. The van der Waals surface area contributed by atoms with Crippen LogP contribution in [0.5, 0.6) is 0 Å². The number of halogens is 1. The summed E-state index contributed by atoms with van der Waals surface area (Å²) >= 11 is 6.16. The maximum absolute atomic E-state index is 14.4. The Kier molecular flexibility index (Phi) is 8.79. The number of aryl methyl sites for hydroxylation is 1. The third-order valence-corrected chi connectivity index (χ3v) is 10.2. The Labute approximate surface area is 289 Å². The molecule has 3 aliphatic rings. The molecule has 1 saturated carbocycles. The lowest BCUT2D eigenvalue weighted by molar-refractivity contribution is -0.140. The number of hydrogen-bond acceptors (Lipinski definition) is 7. The number of aromatic nitrogens is 4. The quantitative estimate of drug-likeness (QED) is 0.230. The van der Waals surface area contributed by atoms with E-state index in [2.05, 4.69) is 26.7 Å². The predicted molar refractivity (Wildman–Crippen MR) is 185 cm³/mol. The van der Waals surface area contributed by atoms with Gasteiger partial charge in [-0.05, 0) is 80.0 Å². The number of rotatable bonds is 5. The molecule has 2 fully saturated rings. The highest BCUT2D eigenvalue weighted by Gasteiger charge is 2.67. The number of allylic oxidation sites excluding steroid dienone is 2. The normalized spacial score (nSPS) is 23.0. The number of ketones is 1. The van der Waals surface area contributed by atoms with Gasteiger partial charge in [0.1, 0.15) is 24.1 Å². The maximum Gasteiger partial charge on any atom is 0.245 e. The fourth-order valence-electron chi connectivity index (χ4n) is 7.35. The van der Waals surface area contributed by atoms with Crippen molar-refractivity contribution in [1.29, 1.82) is 0 Å². The molecule has 2 bridgehead atoms. The molecule has 2 aliphatic heterocycles. The van der Waals surface area contributed by atoms with Gasteiger partial charge in [0.25, 0.3) is 0 Å². The zero-order valence-corrected chi connectivity index (χ0v) is 28.3. The minimum atomic E-state index is -0.717. The average Bonchev–Trinajstić information content (AvgIpc) is 3.49. The SMILES string of the molecule is CC(=O)c1nn2c3c(cc(-c4cnc(C)nc4)cc13)C/C=C\CCCC(=O)NC[C@@]13C[C@@H](C(=O)NCc4cccc(Cl)c4)N(C(=O)C2)[C@@H]1C3. The first-order valence-electron chi connectivity index (χ1n) is 16.7. The molecule has 2 aromatic carbocycles. The number of amides is 3. The highest BCUT2D eigenvalue weighted by molar-refractivity contribution is 6.30. The van der Waals surface area contributed by atoms with Gasteiger partial charge in [-0.2, -0.15) is 5.10 Å². The summed E-state index contributed by atoms with van der Waals surface area (Å²) in [7, 11) is 0.